The van der Waals surface area contributed by atoms with Crippen LogP contribution in [0.4, 0.5) is 23.4 Å². The SMILES string of the molecule is C=C(CCF)n1cc2c(N[C@@H](C)c3cccc(C(C)(F)F)c3F)ncnc2c(Br)c1=O. The summed E-state index contributed by atoms with van der Waals surface area (Å²) in [6.07, 6.45) is 2.59. The van der Waals surface area contributed by atoms with Crippen LogP contribution in [0.5, 0.6) is 0 Å². The Morgan fingerprint density at radius 1 is 1.35 bits per heavy atom. The molecule has 0 aliphatic rings. The Balaban J connectivity index is 2.08. The number of rotatable bonds is 7. The number of nitrogens with one attached hydrogen (secondary N) is 1. The average Bonchev–Trinajstić information content (AvgIpc) is 2.70. The van der Waals surface area contributed by atoms with E-state index in [1.807, 2.05) is 0 Å². The van der Waals surface area contributed by atoms with Crippen LogP contribution in [0.15, 0.2) is 46.6 Å². The van der Waals surface area contributed by atoms with Crippen LogP contribution >= 0.6 is 15.9 Å². The van der Waals surface area contributed by atoms with Crippen molar-refractivity contribution in [2.45, 2.75) is 32.2 Å². The van der Waals surface area contributed by atoms with Crippen LogP contribution in [-0.2, 0) is 5.92 Å². The molecule has 1 aromatic carbocycles. The van der Waals surface area contributed by atoms with E-state index >= 15 is 0 Å². The van der Waals surface area contributed by atoms with Gasteiger partial charge in [0, 0.05) is 30.8 Å². The van der Waals surface area contributed by atoms with E-state index in [-0.39, 0.29) is 33.5 Å². The second-order valence-corrected chi connectivity index (χ2v) is 7.86. The van der Waals surface area contributed by atoms with E-state index in [4.69, 9.17) is 0 Å². The lowest BCUT2D eigenvalue weighted by atomic mass is 10.0. The molecule has 0 unspecified atom stereocenters. The summed E-state index contributed by atoms with van der Waals surface area (Å²) in [5, 5.41) is 3.38. The van der Waals surface area contributed by atoms with Crippen molar-refractivity contribution in [3.05, 3.63) is 69.1 Å². The zero-order valence-electron chi connectivity index (χ0n) is 16.7. The predicted octanol–water partition coefficient (Wildman–Crippen LogP) is 5.81. The first-order chi connectivity index (χ1) is 14.6. The molecule has 0 saturated carbocycles. The van der Waals surface area contributed by atoms with Gasteiger partial charge in [-0.1, -0.05) is 24.8 Å². The minimum Gasteiger partial charge on any atom is -0.363 e. The highest BCUT2D eigenvalue weighted by molar-refractivity contribution is 9.10. The Morgan fingerprint density at radius 3 is 2.71 bits per heavy atom. The predicted molar refractivity (Wildman–Crippen MR) is 115 cm³/mol. The fourth-order valence-corrected chi connectivity index (χ4v) is 3.68. The molecule has 0 aliphatic carbocycles. The zero-order valence-corrected chi connectivity index (χ0v) is 18.3. The number of hydrogen-bond acceptors (Lipinski definition) is 4. The first kappa shape index (κ1) is 22.9. The largest absolute Gasteiger partial charge is 0.363 e. The molecule has 5 nitrogen and oxygen atoms in total. The lowest BCUT2D eigenvalue weighted by Gasteiger charge is -2.20. The highest BCUT2D eigenvalue weighted by Gasteiger charge is 2.30. The van der Waals surface area contributed by atoms with Gasteiger partial charge >= 0.3 is 0 Å². The standard InChI is InChI=1S/C21H19BrF4N4O/c1-11(7-8-23)30-9-14-18(16(22)20(30)31)27-10-28-19(14)29-12(2)13-5-4-6-15(17(13)24)21(3,25)26/h4-6,9-10,12H,1,7-8H2,2-3H3,(H,27,28,29)/t12-/m0/s1. The maximum atomic E-state index is 14.8. The van der Waals surface area contributed by atoms with Crippen molar-refractivity contribution < 1.29 is 17.6 Å². The molecule has 0 amide bonds. The van der Waals surface area contributed by atoms with Crippen molar-refractivity contribution in [1.82, 2.24) is 14.5 Å². The van der Waals surface area contributed by atoms with Crippen LogP contribution in [0, 0.1) is 5.82 Å². The number of halogens is 5. The molecule has 3 aromatic rings. The van der Waals surface area contributed by atoms with Gasteiger partial charge < -0.3 is 5.32 Å². The summed E-state index contributed by atoms with van der Waals surface area (Å²) < 4.78 is 56.2. The lowest BCUT2D eigenvalue weighted by Crippen LogP contribution is -2.21. The van der Waals surface area contributed by atoms with Gasteiger partial charge in [0.2, 0.25) is 0 Å². The molecule has 31 heavy (non-hydrogen) atoms. The number of anilines is 1. The third-order valence-corrected chi connectivity index (χ3v) is 5.52. The molecule has 0 bridgehead atoms. The summed E-state index contributed by atoms with van der Waals surface area (Å²) in [4.78, 5) is 20.8. The number of pyridine rings is 1. The Bertz CT molecular complexity index is 1210. The highest BCUT2D eigenvalue weighted by atomic mass is 79.9. The van der Waals surface area contributed by atoms with Crippen LogP contribution in [0.2, 0.25) is 0 Å². The van der Waals surface area contributed by atoms with Gasteiger partial charge in [-0.05, 0) is 22.9 Å². The van der Waals surface area contributed by atoms with Gasteiger partial charge in [0.15, 0.2) is 0 Å². The Morgan fingerprint density at radius 2 is 2.06 bits per heavy atom. The fourth-order valence-electron chi connectivity index (χ4n) is 3.17. The van der Waals surface area contributed by atoms with Gasteiger partial charge in [-0.25, -0.2) is 23.1 Å². The van der Waals surface area contributed by atoms with Crippen LogP contribution in [0.3, 0.4) is 0 Å². The van der Waals surface area contributed by atoms with Gasteiger partial charge in [0.05, 0.1) is 29.2 Å². The van der Waals surface area contributed by atoms with E-state index in [0.29, 0.717) is 12.3 Å². The van der Waals surface area contributed by atoms with Gasteiger partial charge in [-0.15, -0.1) is 0 Å². The van der Waals surface area contributed by atoms with E-state index in [1.165, 1.54) is 29.2 Å². The van der Waals surface area contributed by atoms with Crippen LogP contribution < -0.4 is 10.9 Å². The maximum Gasteiger partial charge on any atom is 0.273 e. The zero-order chi connectivity index (χ0) is 22.9. The minimum atomic E-state index is -3.33. The molecule has 1 atom stereocenters. The minimum absolute atomic E-state index is 0.0278. The highest BCUT2D eigenvalue weighted by Crippen LogP contribution is 2.34. The van der Waals surface area contributed by atoms with Crippen molar-refractivity contribution in [2.75, 3.05) is 12.0 Å². The van der Waals surface area contributed by atoms with Crippen molar-refractivity contribution >= 4 is 38.3 Å². The van der Waals surface area contributed by atoms with Gasteiger partial charge in [-0.3, -0.25) is 13.8 Å². The third-order valence-electron chi connectivity index (χ3n) is 4.80. The molecule has 1 N–H and O–H groups in total. The Hall–Kier alpha value is -2.75. The van der Waals surface area contributed by atoms with E-state index < -0.39 is 35.6 Å². The summed E-state index contributed by atoms with van der Waals surface area (Å²) in [6, 6.07) is 3.06. The topological polar surface area (TPSA) is 59.8 Å². The van der Waals surface area contributed by atoms with Crippen molar-refractivity contribution in [3.63, 3.8) is 0 Å². The first-order valence-corrected chi connectivity index (χ1v) is 10.1. The molecular formula is C21H19BrF4N4O. The van der Waals surface area contributed by atoms with Crippen molar-refractivity contribution in [2.24, 2.45) is 0 Å². The number of nitrogens with zero attached hydrogens (tertiary/aromatic N) is 3. The lowest BCUT2D eigenvalue weighted by molar-refractivity contribution is 0.0136. The number of fused-ring (bicyclic) bond motifs is 1. The maximum absolute atomic E-state index is 14.8. The van der Waals surface area contributed by atoms with Crippen LogP contribution in [0.25, 0.3) is 16.6 Å². The first-order valence-electron chi connectivity index (χ1n) is 9.29. The number of alkyl halides is 3. The molecule has 0 spiro atoms. The van der Waals surface area contributed by atoms with E-state index in [9.17, 15) is 22.4 Å². The van der Waals surface area contributed by atoms with E-state index in [1.54, 1.807) is 6.92 Å². The average molecular weight is 499 g/mol. The number of benzene rings is 1. The molecule has 0 radical (unpaired) electrons. The summed E-state index contributed by atoms with van der Waals surface area (Å²) in [5.74, 6) is -4.10. The van der Waals surface area contributed by atoms with Crippen molar-refractivity contribution in [3.8, 4) is 0 Å². The molecule has 3 rings (SSSR count). The molecule has 10 heteroatoms. The Labute approximate surface area is 184 Å². The van der Waals surface area contributed by atoms with E-state index in [0.717, 1.165) is 6.07 Å². The second-order valence-electron chi connectivity index (χ2n) is 7.07. The number of hydrogen-bond donors (Lipinski definition) is 1. The monoisotopic (exact) mass is 498 g/mol. The molecule has 0 fully saturated rings. The smallest absolute Gasteiger partial charge is 0.273 e. The molecular weight excluding hydrogens is 480 g/mol. The third kappa shape index (κ3) is 4.48. The van der Waals surface area contributed by atoms with Gasteiger partial charge in [0.25, 0.3) is 11.5 Å². The van der Waals surface area contributed by atoms with Gasteiger partial charge in [-0.2, -0.15) is 0 Å². The molecule has 2 heterocycles. The number of aromatic nitrogens is 3. The van der Waals surface area contributed by atoms with Gasteiger partial charge in [0.1, 0.15) is 22.4 Å². The molecule has 0 saturated heterocycles. The molecule has 2 aromatic heterocycles. The second kappa shape index (κ2) is 8.78. The summed E-state index contributed by atoms with van der Waals surface area (Å²) in [7, 11) is 0. The normalized spacial score (nSPS) is 12.7. The Kier molecular flexibility index (Phi) is 6.49. The fraction of sp³-hybridized carbons (Fsp3) is 0.286. The van der Waals surface area contributed by atoms with Crippen LogP contribution in [-0.4, -0.2) is 21.2 Å². The van der Waals surface area contributed by atoms with Crippen LogP contribution in [0.1, 0.15) is 37.4 Å². The molecule has 164 valence electrons. The quantitative estimate of drug-likeness (QED) is 0.417. The van der Waals surface area contributed by atoms with E-state index in [2.05, 4.69) is 37.8 Å². The summed E-state index contributed by atoms with van der Waals surface area (Å²) in [5.41, 5.74) is -0.618. The summed E-state index contributed by atoms with van der Waals surface area (Å²) >= 11 is 3.21. The van der Waals surface area contributed by atoms with Crippen molar-refractivity contribution in [1.29, 1.82) is 0 Å². The summed E-state index contributed by atoms with van der Waals surface area (Å²) in [6.45, 7) is 5.26. The molecule has 0 aliphatic heterocycles. The number of allylic oxidation sites excluding steroid dienone is 1.